The highest BCUT2D eigenvalue weighted by molar-refractivity contribution is 5.82. The molecule has 0 bridgehead atoms. The molecule has 1 aliphatic heterocycles. The van der Waals surface area contributed by atoms with Crippen LogP contribution >= 0.6 is 0 Å². The molecule has 0 spiro atoms. The Morgan fingerprint density at radius 1 is 1.15 bits per heavy atom. The summed E-state index contributed by atoms with van der Waals surface area (Å²) in [6.07, 6.45) is 6.12. The third-order valence-electron chi connectivity index (χ3n) is 5.17. The molecular formula is C21H19N5O. The zero-order chi connectivity index (χ0) is 18.2. The second kappa shape index (κ2) is 6.48. The highest BCUT2D eigenvalue weighted by atomic mass is 16.1. The van der Waals surface area contributed by atoms with E-state index in [4.69, 9.17) is 4.98 Å². The van der Waals surface area contributed by atoms with Gasteiger partial charge in [0.05, 0.1) is 5.69 Å². The minimum atomic E-state index is -0.0359. The van der Waals surface area contributed by atoms with Crippen molar-refractivity contribution < 1.29 is 0 Å². The fraction of sp³-hybridized carbons (Fsp3) is 0.190. The summed E-state index contributed by atoms with van der Waals surface area (Å²) in [5, 5.41) is 1.25. The Morgan fingerprint density at radius 2 is 2.11 bits per heavy atom. The van der Waals surface area contributed by atoms with Crippen molar-refractivity contribution in [1.82, 2.24) is 24.8 Å². The van der Waals surface area contributed by atoms with Crippen molar-refractivity contribution in [3.05, 3.63) is 82.2 Å². The first-order chi connectivity index (χ1) is 13.3. The van der Waals surface area contributed by atoms with Gasteiger partial charge < -0.3 is 9.97 Å². The fourth-order valence-corrected chi connectivity index (χ4v) is 3.80. The van der Waals surface area contributed by atoms with Crippen molar-refractivity contribution in [3.63, 3.8) is 0 Å². The van der Waals surface area contributed by atoms with Gasteiger partial charge in [-0.05, 0) is 36.2 Å². The number of aromatic amines is 2. The quantitative estimate of drug-likeness (QED) is 0.591. The predicted molar refractivity (Wildman–Crippen MR) is 104 cm³/mol. The minimum absolute atomic E-state index is 0.0359. The summed E-state index contributed by atoms with van der Waals surface area (Å²) in [6.45, 7) is 2.36. The van der Waals surface area contributed by atoms with Crippen molar-refractivity contribution in [2.75, 3.05) is 6.54 Å². The molecule has 5 rings (SSSR count). The van der Waals surface area contributed by atoms with Gasteiger partial charge in [-0.25, -0.2) is 4.98 Å². The van der Waals surface area contributed by atoms with E-state index < -0.39 is 0 Å². The van der Waals surface area contributed by atoms with Crippen LogP contribution < -0.4 is 5.56 Å². The number of H-pyrrole nitrogens is 2. The molecule has 2 N–H and O–H groups in total. The number of benzene rings is 1. The predicted octanol–water partition coefficient (Wildman–Crippen LogP) is 2.87. The smallest absolute Gasteiger partial charge is 0.254 e. The van der Waals surface area contributed by atoms with Gasteiger partial charge in [0.15, 0.2) is 0 Å². The average molecular weight is 357 g/mol. The SMILES string of the molecule is O=c1[nH]c(-c2cccnc2)nc2c1CCN(Cc1cccc3[nH]ccc13)C2. The van der Waals surface area contributed by atoms with Gasteiger partial charge in [-0.3, -0.25) is 14.7 Å². The molecule has 4 aromatic rings. The molecule has 0 saturated carbocycles. The van der Waals surface area contributed by atoms with Gasteiger partial charge in [0.2, 0.25) is 0 Å². The molecule has 6 heteroatoms. The molecule has 0 atom stereocenters. The van der Waals surface area contributed by atoms with Crippen LogP contribution in [0, 0.1) is 0 Å². The normalized spacial score (nSPS) is 14.4. The molecule has 6 nitrogen and oxygen atoms in total. The first kappa shape index (κ1) is 16.0. The minimum Gasteiger partial charge on any atom is -0.361 e. The Bertz CT molecular complexity index is 1160. The Balaban J connectivity index is 1.46. The first-order valence-electron chi connectivity index (χ1n) is 9.08. The summed E-state index contributed by atoms with van der Waals surface area (Å²) in [6, 6.07) is 12.2. The highest BCUT2D eigenvalue weighted by Crippen LogP contribution is 2.23. The van der Waals surface area contributed by atoms with Gasteiger partial charge >= 0.3 is 0 Å². The van der Waals surface area contributed by atoms with Crippen LogP contribution in [-0.4, -0.2) is 31.4 Å². The van der Waals surface area contributed by atoms with Crippen molar-refractivity contribution in [1.29, 1.82) is 0 Å². The summed E-state index contributed by atoms with van der Waals surface area (Å²) < 4.78 is 0. The van der Waals surface area contributed by atoms with E-state index in [1.807, 2.05) is 18.3 Å². The van der Waals surface area contributed by atoms with Gasteiger partial charge in [-0.15, -0.1) is 0 Å². The maximum Gasteiger partial charge on any atom is 0.254 e. The second-order valence-corrected chi connectivity index (χ2v) is 6.90. The zero-order valence-electron chi connectivity index (χ0n) is 14.8. The lowest BCUT2D eigenvalue weighted by atomic mass is 10.0. The molecule has 0 unspecified atom stereocenters. The monoisotopic (exact) mass is 357 g/mol. The van der Waals surface area contributed by atoms with Gasteiger partial charge in [-0.1, -0.05) is 12.1 Å². The van der Waals surface area contributed by atoms with Gasteiger partial charge in [0, 0.05) is 60.3 Å². The largest absolute Gasteiger partial charge is 0.361 e. The van der Waals surface area contributed by atoms with Crippen LogP contribution in [0.5, 0.6) is 0 Å². The summed E-state index contributed by atoms with van der Waals surface area (Å²) >= 11 is 0. The molecule has 0 amide bonds. The van der Waals surface area contributed by atoms with Crippen LogP contribution in [0.3, 0.4) is 0 Å². The standard InChI is InChI=1S/C21H19N5O/c27-21-17-7-10-26(12-15-3-1-5-18-16(15)6-9-23-18)13-19(17)24-20(25-21)14-4-2-8-22-11-14/h1-6,8-9,11,23H,7,10,12-13H2,(H,24,25,27). The second-order valence-electron chi connectivity index (χ2n) is 6.90. The Labute approximate surface area is 155 Å². The Morgan fingerprint density at radius 3 is 3.00 bits per heavy atom. The lowest BCUT2D eigenvalue weighted by molar-refractivity contribution is 0.241. The van der Waals surface area contributed by atoms with E-state index in [1.165, 1.54) is 10.9 Å². The molecular weight excluding hydrogens is 338 g/mol. The number of hydrogen-bond donors (Lipinski definition) is 2. The molecule has 134 valence electrons. The number of hydrogen-bond acceptors (Lipinski definition) is 4. The van der Waals surface area contributed by atoms with Gasteiger partial charge in [0.1, 0.15) is 5.82 Å². The third kappa shape index (κ3) is 2.94. The van der Waals surface area contributed by atoms with E-state index in [2.05, 4.69) is 44.1 Å². The van der Waals surface area contributed by atoms with Crippen molar-refractivity contribution in [2.24, 2.45) is 0 Å². The van der Waals surface area contributed by atoms with Crippen LogP contribution in [0.1, 0.15) is 16.8 Å². The van der Waals surface area contributed by atoms with Crippen LogP contribution in [0.4, 0.5) is 0 Å². The lowest BCUT2D eigenvalue weighted by Gasteiger charge is -2.28. The average Bonchev–Trinajstić information content (AvgIpc) is 3.18. The summed E-state index contributed by atoms with van der Waals surface area (Å²) in [7, 11) is 0. The number of rotatable bonds is 3. The third-order valence-corrected chi connectivity index (χ3v) is 5.17. The number of pyridine rings is 1. The van der Waals surface area contributed by atoms with Crippen LogP contribution in [0.2, 0.25) is 0 Å². The number of fused-ring (bicyclic) bond motifs is 2. The van der Waals surface area contributed by atoms with Crippen molar-refractivity contribution in [3.8, 4) is 11.4 Å². The van der Waals surface area contributed by atoms with E-state index >= 15 is 0 Å². The van der Waals surface area contributed by atoms with Crippen molar-refractivity contribution >= 4 is 10.9 Å². The lowest BCUT2D eigenvalue weighted by Crippen LogP contribution is -2.35. The maximum atomic E-state index is 12.5. The number of nitrogens with zero attached hydrogens (tertiary/aromatic N) is 3. The van der Waals surface area contributed by atoms with E-state index in [0.29, 0.717) is 18.8 Å². The van der Waals surface area contributed by atoms with Crippen LogP contribution in [0.25, 0.3) is 22.3 Å². The van der Waals surface area contributed by atoms with E-state index in [0.717, 1.165) is 35.4 Å². The maximum absolute atomic E-state index is 12.5. The van der Waals surface area contributed by atoms with Gasteiger partial charge in [0.25, 0.3) is 5.56 Å². The molecule has 0 fully saturated rings. The molecule has 0 radical (unpaired) electrons. The summed E-state index contributed by atoms with van der Waals surface area (Å²) in [4.78, 5) is 29.9. The Kier molecular flexibility index (Phi) is 3.83. The number of nitrogens with one attached hydrogen (secondary N) is 2. The van der Waals surface area contributed by atoms with E-state index in [1.54, 1.807) is 12.4 Å². The fourth-order valence-electron chi connectivity index (χ4n) is 3.80. The topological polar surface area (TPSA) is 77.7 Å². The molecule has 3 aromatic heterocycles. The first-order valence-corrected chi connectivity index (χ1v) is 9.08. The summed E-state index contributed by atoms with van der Waals surface area (Å²) in [5.41, 5.74) is 4.90. The molecule has 1 aromatic carbocycles. The van der Waals surface area contributed by atoms with Gasteiger partial charge in [-0.2, -0.15) is 0 Å². The van der Waals surface area contributed by atoms with Crippen molar-refractivity contribution in [2.45, 2.75) is 19.5 Å². The van der Waals surface area contributed by atoms with E-state index in [-0.39, 0.29) is 5.56 Å². The Hall–Kier alpha value is -3.25. The molecule has 1 aliphatic rings. The molecule has 0 saturated heterocycles. The van der Waals surface area contributed by atoms with Crippen LogP contribution in [-0.2, 0) is 19.5 Å². The summed E-state index contributed by atoms with van der Waals surface area (Å²) in [5.74, 6) is 0.585. The molecule has 4 heterocycles. The molecule has 27 heavy (non-hydrogen) atoms. The van der Waals surface area contributed by atoms with Crippen LogP contribution in [0.15, 0.2) is 59.8 Å². The molecule has 0 aliphatic carbocycles. The highest BCUT2D eigenvalue weighted by Gasteiger charge is 2.22. The zero-order valence-corrected chi connectivity index (χ0v) is 14.8. The number of aromatic nitrogens is 4. The van der Waals surface area contributed by atoms with E-state index in [9.17, 15) is 4.79 Å².